The second kappa shape index (κ2) is 12.5. The van der Waals surface area contributed by atoms with Gasteiger partial charge in [0.05, 0.1) is 55.9 Å². The quantitative estimate of drug-likeness (QED) is 0.129. The molecule has 0 aliphatic heterocycles. The van der Waals surface area contributed by atoms with Crippen molar-refractivity contribution < 1.29 is 9.30 Å². The van der Waals surface area contributed by atoms with Gasteiger partial charge in [-0.3, -0.25) is 18.7 Å². The number of imidazole rings is 1. The lowest BCUT2D eigenvalue weighted by Crippen LogP contribution is -2.29. The monoisotopic (exact) mass is 773 g/mol. The molecule has 12 aromatic rings. The van der Waals surface area contributed by atoms with Gasteiger partial charge in [0.25, 0.3) is 6.33 Å². The molecular formula is C52H35N7O. The third-order valence-corrected chi connectivity index (χ3v) is 11.9. The number of benzene rings is 6. The van der Waals surface area contributed by atoms with Crippen molar-refractivity contribution in [2.45, 2.75) is 26.2 Å². The minimum absolute atomic E-state index is 0.0580. The zero-order valence-corrected chi connectivity index (χ0v) is 33.0. The van der Waals surface area contributed by atoms with E-state index in [1.807, 2.05) is 59.3 Å². The standard InChI is InChI=1S/C52H35N7O/c1-52(2,3)33-20-22-55-50(25-33)58-45-19-16-32(30-53)24-40(45)39-18-17-35(28-48(39)58)60-36-21-23-54-49(29-36)57-31-56(46-14-8-9-15-47(46)57)34-26-41-37-10-4-6-12-43(37)59-44-13-7-5-11-38(44)42(27-34)51(41)59/h4-29H,1-3H3. The fraction of sp³-hybridized carbons (Fsp3) is 0.0769. The number of pyridine rings is 2. The van der Waals surface area contributed by atoms with Crippen LogP contribution in [0.4, 0.5) is 0 Å². The summed E-state index contributed by atoms with van der Waals surface area (Å²) in [5, 5.41) is 16.6. The molecule has 6 aromatic carbocycles. The summed E-state index contributed by atoms with van der Waals surface area (Å²) in [4.78, 5) is 9.67. The number of hydrogen-bond donors (Lipinski definition) is 0. The predicted octanol–water partition coefficient (Wildman–Crippen LogP) is 11.7. The molecule has 0 amide bonds. The van der Waals surface area contributed by atoms with E-state index >= 15 is 0 Å². The third kappa shape index (κ3) is 4.99. The smallest absolute Gasteiger partial charge is 0.271 e. The first-order valence-electron chi connectivity index (χ1n) is 20.0. The summed E-state index contributed by atoms with van der Waals surface area (Å²) >= 11 is 0. The van der Waals surface area contributed by atoms with Crippen LogP contribution in [0.5, 0.6) is 11.5 Å². The van der Waals surface area contributed by atoms with Gasteiger partial charge in [-0.25, -0.2) is 4.98 Å². The number of nitrogens with zero attached hydrogens (tertiary/aromatic N) is 7. The van der Waals surface area contributed by atoms with Crippen LogP contribution in [0.15, 0.2) is 158 Å². The van der Waals surface area contributed by atoms with Crippen molar-refractivity contribution in [3.63, 3.8) is 0 Å². The van der Waals surface area contributed by atoms with E-state index < -0.39 is 0 Å². The van der Waals surface area contributed by atoms with Crippen LogP contribution in [0.1, 0.15) is 31.9 Å². The molecular weight excluding hydrogens is 739 g/mol. The van der Waals surface area contributed by atoms with E-state index in [9.17, 15) is 5.26 Å². The van der Waals surface area contributed by atoms with E-state index in [1.165, 1.54) is 43.7 Å². The van der Waals surface area contributed by atoms with Gasteiger partial charge in [0.1, 0.15) is 17.3 Å². The normalized spacial score (nSPS) is 12.2. The molecule has 60 heavy (non-hydrogen) atoms. The van der Waals surface area contributed by atoms with Gasteiger partial charge in [-0.15, -0.1) is 0 Å². The summed E-state index contributed by atoms with van der Waals surface area (Å²) in [7, 11) is 0. The maximum Gasteiger partial charge on any atom is 0.271 e. The van der Waals surface area contributed by atoms with Gasteiger partial charge in [-0.2, -0.15) is 5.26 Å². The molecule has 0 unspecified atom stereocenters. The molecule has 0 fully saturated rings. The Balaban J connectivity index is 0.976. The van der Waals surface area contributed by atoms with Crippen LogP contribution < -0.4 is 9.30 Å². The van der Waals surface area contributed by atoms with Crippen molar-refractivity contribution in [2.75, 3.05) is 0 Å². The summed E-state index contributed by atoms with van der Waals surface area (Å²) in [6.07, 6.45) is 7.32. The Labute approximate surface area is 344 Å². The van der Waals surface area contributed by atoms with Gasteiger partial charge in [0, 0.05) is 56.8 Å². The Morgan fingerprint density at radius 1 is 0.583 bits per heavy atom. The first-order chi connectivity index (χ1) is 29.3. The first kappa shape index (κ1) is 34.1. The SMILES string of the molecule is CC(C)(C)c1ccnc(-n2c3ccc(C#N)cc3c3ccc(Oc4ccnc(-n5[c-][n+](-c6cc7c8ccccc8n8c9ccccc9c(c6)c78)c6ccccc65)c4)cc32)c1. The number of para-hydroxylation sites is 4. The van der Waals surface area contributed by atoms with Crippen LogP contribution in [0.2, 0.25) is 0 Å². The minimum Gasteiger partial charge on any atom is -0.458 e. The van der Waals surface area contributed by atoms with Crippen LogP contribution in [0.25, 0.3) is 88.3 Å². The van der Waals surface area contributed by atoms with Crippen molar-refractivity contribution >= 4 is 70.9 Å². The van der Waals surface area contributed by atoms with Crippen LogP contribution in [0.3, 0.4) is 0 Å². The van der Waals surface area contributed by atoms with Crippen LogP contribution in [-0.4, -0.2) is 23.5 Å². The maximum absolute atomic E-state index is 9.77. The van der Waals surface area contributed by atoms with Gasteiger partial charge in [-0.05, 0) is 83.8 Å². The van der Waals surface area contributed by atoms with Crippen LogP contribution >= 0.6 is 0 Å². The second-order valence-electron chi connectivity index (χ2n) is 16.5. The molecule has 0 N–H and O–H groups in total. The predicted molar refractivity (Wildman–Crippen MR) is 238 cm³/mol. The lowest BCUT2D eigenvalue weighted by molar-refractivity contribution is -0.572. The fourth-order valence-corrected chi connectivity index (χ4v) is 9.09. The molecule has 0 atom stereocenters. The molecule has 0 aliphatic carbocycles. The first-order valence-corrected chi connectivity index (χ1v) is 20.0. The summed E-state index contributed by atoms with van der Waals surface area (Å²) in [6, 6.07) is 52.5. The third-order valence-electron chi connectivity index (χ3n) is 11.9. The summed E-state index contributed by atoms with van der Waals surface area (Å²) < 4.78 is 15.3. The molecule has 284 valence electrons. The number of hydrogen-bond acceptors (Lipinski definition) is 4. The van der Waals surface area contributed by atoms with Crippen molar-refractivity contribution in [1.29, 1.82) is 5.26 Å². The van der Waals surface area contributed by atoms with Crippen molar-refractivity contribution in [2.24, 2.45) is 0 Å². The lowest BCUT2D eigenvalue weighted by Gasteiger charge is -2.20. The van der Waals surface area contributed by atoms with Gasteiger partial charge in [-0.1, -0.05) is 81.4 Å². The topological polar surface area (TPSA) is 76.9 Å². The Bertz CT molecular complexity index is 3680. The van der Waals surface area contributed by atoms with Gasteiger partial charge >= 0.3 is 0 Å². The van der Waals surface area contributed by atoms with Gasteiger partial charge in [0.2, 0.25) is 0 Å². The van der Waals surface area contributed by atoms with E-state index in [0.717, 1.165) is 44.3 Å². The highest BCUT2D eigenvalue weighted by molar-refractivity contribution is 6.23. The Morgan fingerprint density at radius 2 is 1.25 bits per heavy atom. The van der Waals surface area contributed by atoms with E-state index in [-0.39, 0.29) is 5.41 Å². The molecule has 6 heterocycles. The molecule has 0 spiro atoms. The average Bonchev–Trinajstić information content (AvgIpc) is 4.02. The number of rotatable bonds is 5. The van der Waals surface area contributed by atoms with Crippen molar-refractivity contribution in [3.05, 3.63) is 175 Å². The molecule has 12 rings (SSSR count). The van der Waals surface area contributed by atoms with Crippen molar-refractivity contribution in [3.8, 4) is 34.9 Å². The van der Waals surface area contributed by atoms with E-state index in [1.54, 1.807) is 6.20 Å². The molecule has 0 bridgehead atoms. The Hall–Kier alpha value is -8.02. The molecule has 0 aliphatic rings. The van der Waals surface area contributed by atoms with Gasteiger partial charge in [0.15, 0.2) is 5.82 Å². The van der Waals surface area contributed by atoms with E-state index in [2.05, 4.69) is 144 Å². The number of ether oxygens (including phenoxy) is 1. The zero-order valence-electron chi connectivity index (χ0n) is 33.0. The highest BCUT2D eigenvalue weighted by atomic mass is 16.5. The summed E-state index contributed by atoms with van der Waals surface area (Å²) in [5.74, 6) is 2.79. The molecule has 6 aromatic heterocycles. The number of fused-ring (bicyclic) bond motifs is 10. The number of nitriles is 1. The Kier molecular flexibility index (Phi) is 7.09. The molecule has 8 heteroatoms. The molecule has 8 nitrogen and oxygen atoms in total. The fourth-order valence-electron chi connectivity index (χ4n) is 9.09. The molecule has 0 radical (unpaired) electrons. The minimum atomic E-state index is -0.0580. The largest absolute Gasteiger partial charge is 0.458 e. The van der Waals surface area contributed by atoms with Crippen LogP contribution in [0, 0.1) is 17.7 Å². The summed E-state index contributed by atoms with van der Waals surface area (Å²) in [5.41, 5.74) is 10.3. The van der Waals surface area contributed by atoms with Crippen molar-refractivity contribution in [1.82, 2.24) is 23.5 Å². The lowest BCUT2D eigenvalue weighted by atomic mass is 9.88. The van der Waals surface area contributed by atoms with E-state index in [0.29, 0.717) is 22.9 Å². The molecule has 0 saturated carbocycles. The average molecular weight is 774 g/mol. The van der Waals surface area contributed by atoms with Gasteiger partial charge < -0.3 is 9.14 Å². The Morgan fingerprint density at radius 3 is 2.00 bits per heavy atom. The zero-order chi connectivity index (χ0) is 40.3. The van der Waals surface area contributed by atoms with Crippen LogP contribution in [-0.2, 0) is 5.41 Å². The second-order valence-corrected chi connectivity index (χ2v) is 16.5. The number of aromatic nitrogens is 6. The highest BCUT2D eigenvalue weighted by Crippen LogP contribution is 2.41. The maximum atomic E-state index is 9.77. The highest BCUT2D eigenvalue weighted by Gasteiger charge is 2.22. The van der Waals surface area contributed by atoms with E-state index in [4.69, 9.17) is 14.7 Å². The molecule has 0 saturated heterocycles. The summed E-state index contributed by atoms with van der Waals surface area (Å²) in [6.45, 7) is 6.61.